The van der Waals surface area contributed by atoms with Crippen LogP contribution in [0.5, 0.6) is 0 Å². The molecule has 0 aromatic heterocycles. The number of rotatable bonds is 3. The molecule has 7 heteroatoms. The summed E-state index contributed by atoms with van der Waals surface area (Å²) in [5.74, 6) is 0. The number of halogens is 3. The summed E-state index contributed by atoms with van der Waals surface area (Å²) in [7, 11) is -3.67. The fraction of sp³-hybridized carbons (Fsp3) is 1.00. The molecule has 0 atom stereocenters. The summed E-state index contributed by atoms with van der Waals surface area (Å²) in [5, 5.41) is 4.15. The van der Waals surface area contributed by atoms with Gasteiger partial charge in [-0.3, -0.25) is 18.0 Å². The predicted molar refractivity (Wildman–Crippen MR) is 37.8 cm³/mol. The number of hydrogen-bond donors (Lipinski definition) is 0. The number of hydrogen-bond acceptors (Lipinski definition) is 2. The predicted octanol–water partition coefficient (Wildman–Crippen LogP) is 1.89. The first-order chi connectivity index (χ1) is 5.08. The molecule has 0 aliphatic heterocycles. The summed E-state index contributed by atoms with van der Waals surface area (Å²) in [6.07, 6.45) is 0. The Bertz CT molecular complexity index is 88.7. The Labute approximate surface area is 63.7 Å². The fourth-order valence-electron chi connectivity index (χ4n) is 0.339. The molecule has 66 valence electrons. The van der Waals surface area contributed by atoms with E-state index in [1.165, 1.54) is 5.01 Å². The van der Waals surface area contributed by atoms with Gasteiger partial charge in [-0.15, -0.1) is 4.91 Å². The summed E-state index contributed by atoms with van der Waals surface area (Å²) >= 11 is 0. The van der Waals surface area contributed by atoms with E-state index in [2.05, 4.69) is 5.29 Å². The maximum atomic E-state index is 9.67. The SMILES string of the molecule is CCN(CC)N=O.FB(F)F. The van der Waals surface area contributed by atoms with Crippen LogP contribution in [-0.2, 0) is 0 Å². The van der Waals surface area contributed by atoms with Crippen LogP contribution >= 0.6 is 0 Å². The topological polar surface area (TPSA) is 32.7 Å². The summed E-state index contributed by atoms with van der Waals surface area (Å²) in [5.41, 5.74) is 0. The highest BCUT2D eigenvalue weighted by Gasteiger charge is 2.06. The minimum atomic E-state index is -3.67. The Kier molecular flexibility index (Phi) is 10.8. The van der Waals surface area contributed by atoms with Crippen LogP contribution in [0.1, 0.15) is 13.8 Å². The van der Waals surface area contributed by atoms with Crippen molar-refractivity contribution in [3.05, 3.63) is 4.91 Å². The van der Waals surface area contributed by atoms with Gasteiger partial charge in [-0.2, -0.15) is 0 Å². The van der Waals surface area contributed by atoms with Crippen LogP contribution in [0.15, 0.2) is 5.29 Å². The summed E-state index contributed by atoms with van der Waals surface area (Å²) in [6.45, 7) is 5.20. The molecule has 0 bridgehead atoms. The molecule has 0 rings (SSSR count). The van der Waals surface area contributed by atoms with Crippen molar-refractivity contribution in [2.24, 2.45) is 5.29 Å². The molecule has 0 N–H and O–H groups in total. The van der Waals surface area contributed by atoms with Crippen molar-refractivity contribution >= 4 is 7.54 Å². The smallest absolute Gasteiger partial charge is 0.261 e. The van der Waals surface area contributed by atoms with Gasteiger partial charge in [0.1, 0.15) is 0 Å². The standard InChI is InChI=1S/C4H10N2O.BF3/c1-3-6(4-2)5-7;2-1(3)4/h3-4H2,1-2H3;. The lowest BCUT2D eigenvalue weighted by molar-refractivity contribution is 0.317. The summed E-state index contributed by atoms with van der Waals surface area (Å²) in [6, 6.07) is 0. The molecule has 0 fully saturated rings. The molecule has 0 aliphatic carbocycles. The van der Waals surface area contributed by atoms with Crippen LogP contribution in [0, 0.1) is 4.91 Å². The Morgan fingerprint density at radius 3 is 1.55 bits per heavy atom. The summed E-state index contributed by atoms with van der Waals surface area (Å²) < 4.78 is 29.0. The van der Waals surface area contributed by atoms with Crippen LogP contribution in [0.25, 0.3) is 0 Å². The highest BCUT2D eigenvalue weighted by atomic mass is 19.4. The third-order valence-electron chi connectivity index (χ3n) is 0.846. The molecule has 3 nitrogen and oxygen atoms in total. The van der Waals surface area contributed by atoms with E-state index in [-0.39, 0.29) is 0 Å². The molecular weight excluding hydrogens is 160 g/mol. The molecule has 0 aromatic carbocycles. The van der Waals surface area contributed by atoms with Crippen molar-refractivity contribution in [3.63, 3.8) is 0 Å². The first kappa shape index (κ1) is 12.9. The third kappa shape index (κ3) is 17.6. The lowest BCUT2D eigenvalue weighted by Gasteiger charge is -2.06. The van der Waals surface area contributed by atoms with Crippen LogP contribution in [0.3, 0.4) is 0 Å². The first-order valence-electron chi connectivity index (χ1n) is 3.08. The maximum absolute atomic E-state index is 9.67. The maximum Gasteiger partial charge on any atom is 0.762 e. The van der Waals surface area contributed by atoms with Crippen LogP contribution in [0.4, 0.5) is 12.9 Å². The van der Waals surface area contributed by atoms with Gasteiger partial charge in [-0.1, -0.05) is 0 Å². The molecule has 11 heavy (non-hydrogen) atoms. The van der Waals surface area contributed by atoms with E-state index in [1.807, 2.05) is 13.8 Å². The Morgan fingerprint density at radius 2 is 1.55 bits per heavy atom. The molecular formula is C4H10BF3N2O. The van der Waals surface area contributed by atoms with Gasteiger partial charge in [-0.05, 0) is 13.8 Å². The molecule has 0 unspecified atom stereocenters. The Hall–Kier alpha value is -0.745. The van der Waals surface area contributed by atoms with Gasteiger partial charge in [0.05, 0.1) is 5.29 Å². The number of nitrogens with zero attached hydrogens (tertiary/aromatic N) is 2. The van der Waals surface area contributed by atoms with Crippen molar-refractivity contribution in [3.8, 4) is 0 Å². The van der Waals surface area contributed by atoms with Crippen molar-refractivity contribution in [2.45, 2.75) is 13.8 Å². The average molecular weight is 170 g/mol. The quantitative estimate of drug-likeness (QED) is 0.368. The van der Waals surface area contributed by atoms with Crippen molar-refractivity contribution in [2.75, 3.05) is 13.1 Å². The van der Waals surface area contributed by atoms with E-state index in [1.54, 1.807) is 0 Å². The molecule has 0 aliphatic rings. The molecule has 0 heterocycles. The zero-order chi connectivity index (χ0) is 9.28. The van der Waals surface area contributed by atoms with Crippen LogP contribution < -0.4 is 0 Å². The summed E-state index contributed by atoms with van der Waals surface area (Å²) in [4.78, 5) is 9.64. The zero-order valence-electron chi connectivity index (χ0n) is 6.43. The lowest BCUT2D eigenvalue weighted by atomic mass is 10.5. The lowest BCUT2D eigenvalue weighted by Crippen LogP contribution is -2.14. The molecule has 0 saturated carbocycles. The molecule has 0 amide bonds. The van der Waals surface area contributed by atoms with E-state index < -0.39 is 7.54 Å². The molecule has 0 aromatic rings. The highest BCUT2D eigenvalue weighted by molar-refractivity contribution is 6.33. The van der Waals surface area contributed by atoms with E-state index in [9.17, 15) is 17.9 Å². The average Bonchev–Trinajstić information content (AvgIpc) is 1.90. The van der Waals surface area contributed by atoms with Crippen LogP contribution in [-0.4, -0.2) is 25.6 Å². The van der Waals surface area contributed by atoms with Gasteiger partial charge in [-0.25, -0.2) is 0 Å². The van der Waals surface area contributed by atoms with Gasteiger partial charge < -0.3 is 0 Å². The van der Waals surface area contributed by atoms with Crippen molar-refractivity contribution in [1.29, 1.82) is 0 Å². The Balaban J connectivity index is 0. The first-order valence-corrected chi connectivity index (χ1v) is 3.08. The molecule has 0 spiro atoms. The van der Waals surface area contributed by atoms with E-state index >= 15 is 0 Å². The van der Waals surface area contributed by atoms with Crippen LogP contribution in [0.2, 0.25) is 0 Å². The van der Waals surface area contributed by atoms with Gasteiger partial charge >= 0.3 is 7.54 Å². The molecule has 0 saturated heterocycles. The Morgan fingerprint density at radius 1 is 1.27 bits per heavy atom. The van der Waals surface area contributed by atoms with Gasteiger partial charge in [0.2, 0.25) is 0 Å². The van der Waals surface area contributed by atoms with Gasteiger partial charge in [0.25, 0.3) is 0 Å². The zero-order valence-corrected chi connectivity index (χ0v) is 6.43. The van der Waals surface area contributed by atoms with Gasteiger partial charge in [0, 0.05) is 13.1 Å². The van der Waals surface area contributed by atoms with Gasteiger partial charge in [0.15, 0.2) is 0 Å². The largest absolute Gasteiger partial charge is 0.762 e. The molecule has 0 radical (unpaired) electrons. The normalized spacial score (nSPS) is 7.73. The van der Waals surface area contributed by atoms with E-state index in [4.69, 9.17) is 0 Å². The third-order valence-corrected chi connectivity index (χ3v) is 0.846. The second-order valence-electron chi connectivity index (χ2n) is 1.47. The number of nitroso groups, excluding NO2 is 1. The second-order valence-corrected chi connectivity index (χ2v) is 1.47. The van der Waals surface area contributed by atoms with E-state index in [0.717, 1.165) is 0 Å². The fourth-order valence-corrected chi connectivity index (χ4v) is 0.339. The second kappa shape index (κ2) is 9.25. The van der Waals surface area contributed by atoms with Crippen molar-refractivity contribution in [1.82, 2.24) is 5.01 Å². The highest BCUT2D eigenvalue weighted by Crippen LogP contribution is 1.82. The van der Waals surface area contributed by atoms with E-state index in [0.29, 0.717) is 13.1 Å². The minimum Gasteiger partial charge on any atom is -0.261 e. The monoisotopic (exact) mass is 170 g/mol. The minimum absolute atomic E-state index is 0.708. The van der Waals surface area contributed by atoms with Crippen molar-refractivity contribution < 1.29 is 12.9 Å².